The van der Waals surface area contributed by atoms with Gasteiger partial charge in [0.05, 0.1) is 0 Å². The van der Waals surface area contributed by atoms with Gasteiger partial charge in [-0.05, 0) is 12.1 Å². The van der Waals surface area contributed by atoms with Gasteiger partial charge in [-0.15, -0.1) is 0 Å². The van der Waals surface area contributed by atoms with E-state index in [1.807, 2.05) is 0 Å². The van der Waals surface area contributed by atoms with Gasteiger partial charge >= 0.3 is 12.2 Å². The van der Waals surface area contributed by atoms with Crippen molar-refractivity contribution in [3.8, 4) is 0 Å². The monoisotopic (exact) mass is 317 g/mol. The third kappa shape index (κ3) is 3.02. The second-order valence-corrected chi connectivity index (χ2v) is 4.36. The summed E-state index contributed by atoms with van der Waals surface area (Å²) in [5.74, 6) is -4.04. The van der Waals surface area contributed by atoms with Crippen molar-refractivity contribution in [3.05, 3.63) is 53.8 Å². The summed E-state index contributed by atoms with van der Waals surface area (Å²) in [5, 5.41) is 31.4. The Morgan fingerprint density at radius 3 is 2.55 bits per heavy atom. The number of amides is 1. The van der Waals surface area contributed by atoms with Crippen molar-refractivity contribution < 1.29 is 32.9 Å². The van der Waals surface area contributed by atoms with E-state index in [2.05, 4.69) is 5.32 Å². The van der Waals surface area contributed by atoms with E-state index in [1.54, 1.807) is 0 Å². The van der Waals surface area contributed by atoms with E-state index < -0.39 is 23.6 Å². The highest BCUT2D eigenvalue weighted by atomic mass is 19.4. The minimum absolute atomic E-state index is 0.106. The van der Waals surface area contributed by atoms with Gasteiger partial charge in [-0.2, -0.15) is 17.7 Å². The molecule has 0 spiro atoms. The van der Waals surface area contributed by atoms with E-state index in [-0.39, 0.29) is 5.69 Å². The van der Waals surface area contributed by atoms with E-state index in [4.69, 9.17) is 10.2 Å². The number of carbonyl (C=O) groups excluding carboxylic acids is 1. The molecule has 0 aliphatic carbocycles. The van der Waals surface area contributed by atoms with Gasteiger partial charge in [0.25, 0.3) is 12.1 Å². The number of anilines is 1. The number of alkyl halides is 3. The minimum Gasteiger partial charge on any atom is -0.711 e. The molecule has 1 aromatic carbocycles. The lowest BCUT2D eigenvalue weighted by molar-refractivity contribution is -0.604. The van der Waals surface area contributed by atoms with Crippen LogP contribution in [0.25, 0.3) is 0 Å². The average Bonchev–Trinajstić information content (AvgIpc) is 2.84. The molecule has 0 saturated carbocycles. The van der Waals surface area contributed by atoms with Gasteiger partial charge in [0.15, 0.2) is 0 Å². The normalized spacial score (nSPS) is 12.2. The fourth-order valence-corrected chi connectivity index (χ4v) is 1.62. The molecule has 22 heavy (non-hydrogen) atoms. The molecule has 2 rings (SSSR count). The van der Waals surface area contributed by atoms with E-state index in [0.29, 0.717) is 4.73 Å². The van der Waals surface area contributed by atoms with Gasteiger partial charge < -0.3 is 15.4 Å². The van der Waals surface area contributed by atoms with Gasteiger partial charge in [-0.3, -0.25) is 5.32 Å². The lowest BCUT2D eigenvalue weighted by Gasteiger charge is -2.25. The highest BCUT2D eigenvalue weighted by Gasteiger charge is 2.54. The quantitative estimate of drug-likeness (QED) is 0.435. The predicted molar refractivity (Wildman–Crippen MR) is 66.4 cm³/mol. The Hall–Kier alpha value is -2.59. The van der Waals surface area contributed by atoms with Crippen LogP contribution in [0.4, 0.5) is 23.7 Å². The SMILES string of the molecule is O=C(Nc1cccc(C(O)(O)C(F)(F)F)c1)n1cc[n+]([O-])c1. The van der Waals surface area contributed by atoms with Gasteiger partial charge in [0.2, 0.25) is 0 Å². The molecule has 0 aliphatic rings. The molecule has 2 aromatic rings. The van der Waals surface area contributed by atoms with E-state index in [1.165, 1.54) is 6.07 Å². The highest BCUT2D eigenvalue weighted by Crippen LogP contribution is 2.37. The fourth-order valence-electron chi connectivity index (χ4n) is 1.62. The number of benzene rings is 1. The molecular weight excluding hydrogens is 307 g/mol. The largest absolute Gasteiger partial charge is 0.711 e. The molecule has 1 amide bonds. The van der Waals surface area contributed by atoms with E-state index in [0.717, 1.165) is 41.5 Å². The lowest BCUT2D eigenvalue weighted by Crippen LogP contribution is -2.42. The number of imidazole rings is 1. The maximum absolute atomic E-state index is 12.6. The molecule has 1 heterocycles. The Morgan fingerprint density at radius 2 is 2.00 bits per heavy atom. The van der Waals surface area contributed by atoms with Crippen LogP contribution in [0.3, 0.4) is 0 Å². The first-order valence-electron chi connectivity index (χ1n) is 5.81. The summed E-state index contributed by atoms with van der Waals surface area (Å²) < 4.78 is 38.9. The predicted octanol–water partition coefficient (Wildman–Crippen LogP) is 0.901. The van der Waals surface area contributed by atoms with Crippen LogP contribution in [0, 0.1) is 5.21 Å². The van der Waals surface area contributed by atoms with Crippen molar-refractivity contribution in [3.63, 3.8) is 0 Å². The van der Waals surface area contributed by atoms with Crippen molar-refractivity contribution in [2.45, 2.75) is 12.0 Å². The maximum Gasteiger partial charge on any atom is 0.447 e. The Balaban J connectivity index is 2.24. The number of nitrogens with one attached hydrogen (secondary N) is 1. The molecule has 0 saturated heterocycles. The summed E-state index contributed by atoms with van der Waals surface area (Å²) in [4.78, 5) is 11.7. The molecule has 0 unspecified atom stereocenters. The van der Waals surface area contributed by atoms with Crippen LogP contribution in [-0.4, -0.2) is 27.0 Å². The average molecular weight is 317 g/mol. The smallest absolute Gasteiger partial charge is 0.447 e. The third-order valence-electron chi connectivity index (χ3n) is 2.76. The van der Waals surface area contributed by atoms with E-state index in [9.17, 15) is 23.2 Å². The van der Waals surface area contributed by atoms with Gasteiger partial charge in [-0.1, -0.05) is 12.1 Å². The van der Waals surface area contributed by atoms with Gasteiger partial charge in [0, 0.05) is 11.3 Å². The molecule has 3 N–H and O–H groups in total. The van der Waals surface area contributed by atoms with Gasteiger partial charge in [0.1, 0.15) is 12.4 Å². The van der Waals surface area contributed by atoms with Crippen LogP contribution in [0.5, 0.6) is 0 Å². The molecule has 1 aromatic heterocycles. The molecule has 7 nitrogen and oxygen atoms in total. The van der Waals surface area contributed by atoms with Crippen molar-refractivity contribution in [1.82, 2.24) is 4.57 Å². The molecule has 0 aliphatic heterocycles. The first kappa shape index (κ1) is 15.8. The van der Waals surface area contributed by atoms with Crippen LogP contribution in [0.1, 0.15) is 5.56 Å². The number of nitrogens with zero attached hydrogens (tertiary/aromatic N) is 2. The second kappa shape index (κ2) is 5.31. The molecular formula is C12H10F3N3O4. The maximum atomic E-state index is 12.6. The van der Waals surface area contributed by atoms with Crippen LogP contribution >= 0.6 is 0 Å². The summed E-state index contributed by atoms with van der Waals surface area (Å²) in [6.45, 7) is 0. The van der Waals surface area contributed by atoms with Crippen LogP contribution < -0.4 is 10.0 Å². The summed E-state index contributed by atoms with van der Waals surface area (Å²) in [6, 6.07) is 3.18. The first-order chi connectivity index (χ1) is 10.1. The lowest BCUT2D eigenvalue weighted by atomic mass is 10.0. The van der Waals surface area contributed by atoms with Crippen molar-refractivity contribution >= 4 is 11.7 Å². The number of aliphatic hydroxyl groups is 2. The number of carbonyl (C=O) groups is 1. The van der Waals surface area contributed by atoms with Crippen LogP contribution in [-0.2, 0) is 5.79 Å². The topological polar surface area (TPSA) is 101 Å². The summed E-state index contributed by atoms with van der Waals surface area (Å²) in [7, 11) is 0. The third-order valence-corrected chi connectivity index (χ3v) is 2.76. The zero-order valence-corrected chi connectivity index (χ0v) is 10.8. The van der Waals surface area contributed by atoms with Crippen molar-refractivity contribution in [2.75, 3.05) is 5.32 Å². The standard InChI is InChI=1S/C12H10F3N3O4/c13-12(14,15)11(20,21)8-2-1-3-9(6-8)16-10(19)17-4-5-18(22)7-17/h1-7,20-21H,(H,16,19). The Labute approximate surface area is 121 Å². The Kier molecular flexibility index (Phi) is 3.81. The van der Waals surface area contributed by atoms with Crippen molar-refractivity contribution in [2.24, 2.45) is 0 Å². The first-order valence-corrected chi connectivity index (χ1v) is 5.81. The molecule has 0 bridgehead atoms. The molecule has 0 radical (unpaired) electrons. The summed E-state index contributed by atoms with van der Waals surface area (Å²) >= 11 is 0. The molecule has 0 atom stereocenters. The zero-order valence-electron chi connectivity index (χ0n) is 10.8. The number of rotatable bonds is 2. The van der Waals surface area contributed by atoms with Crippen LogP contribution in [0.15, 0.2) is 43.0 Å². The zero-order chi connectivity index (χ0) is 16.5. The summed E-state index contributed by atoms with van der Waals surface area (Å²) in [6.07, 6.45) is -2.21. The molecule has 0 fully saturated rings. The fraction of sp³-hybridized carbons (Fsp3) is 0.167. The number of aromatic nitrogens is 2. The number of halogens is 3. The highest BCUT2D eigenvalue weighted by molar-refractivity contribution is 5.90. The van der Waals surface area contributed by atoms with E-state index >= 15 is 0 Å². The molecule has 10 heteroatoms. The number of hydrogen-bond acceptors (Lipinski definition) is 4. The van der Waals surface area contributed by atoms with Crippen molar-refractivity contribution in [1.29, 1.82) is 0 Å². The summed E-state index contributed by atoms with van der Waals surface area (Å²) in [5.41, 5.74) is -0.963. The molecule has 118 valence electrons. The minimum atomic E-state index is -5.30. The van der Waals surface area contributed by atoms with Gasteiger partial charge in [-0.25, -0.2) is 9.52 Å². The Morgan fingerprint density at radius 1 is 1.32 bits per heavy atom. The second-order valence-electron chi connectivity index (χ2n) is 4.36. The van der Waals surface area contributed by atoms with Crippen LogP contribution in [0.2, 0.25) is 0 Å². The number of hydrogen-bond donors (Lipinski definition) is 3. The Bertz CT molecular complexity index is 697.